The van der Waals surface area contributed by atoms with Gasteiger partial charge in [0, 0.05) is 9.61 Å². The Labute approximate surface area is 80.1 Å². The van der Waals surface area contributed by atoms with E-state index >= 15 is 0 Å². The second-order valence-corrected chi connectivity index (χ2v) is 4.33. The van der Waals surface area contributed by atoms with Crippen LogP contribution in [0.2, 0.25) is 0 Å². The van der Waals surface area contributed by atoms with Crippen molar-refractivity contribution in [3.05, 3.63) is 32.9 Å². The molecule has 0 aromatic heterocycles. The van der Waals surface area contributed by atoms with E-state index in [9.17, 15) is 0 Å². The summed E-state index contributed by atoms with van der Waals surface area (Å²) in [7, 11) is 0. The highest BCUT2D eigenvalue weighted by molar-refractivity contribution is 14.1. The Morgan fingerprint density at radius 1 is 1.27 bits per heavy atom. The highest BCUT2D eigenvalue weighted by atomic mass is 127. The number of nitrogens with two attached hydrogens (primary N) is 1. The van der Waals surface area contributed by atoms with Crippen LogP contribution in [-0.2, 0) is 12.8 Å². The average Bonchev–Trinajstić information content (AvgIpc) is 2.27. The predicted octanol–water partition coefficient (Wildman–Crippen LogP) is 1.72. The Balaban J connectivity index is 2.43. The molecule has 2 N–H and O–H groups in total. The molecule has 0 aliphatic heterocycles. The Hall–Kier alpha value is -0.0900. The van der Waals surface area contributed by atoms with Gasteiger partial charge < -0.3 is 5.73 Å². The van der Waals surface area contributed by atoms with Gasteiger partial charge in [0.1, 0.15) is 0 Å². The van der Waals surface area contributed by atoms with Crippen LogP contribution in [0.15, 0.2) is 18.2 Å². The summed E-state index contributed by atoms with van der Waals surface area (Å²) in [5.41, 5.74) is 8.72. The SMILES string of the molecule is NC1Cc2ccc(I)cc2C1. The molecule has 1 aliphatic carbocycles. The molecule has 1 aromatic rings. The maximum absolute atomic E-state index is 5.83. The molecule has 2 heteroatoms. The first-order chi connectivity index (χ1) is 5.25. The molecule has 58 valence electrons. The molecule has 0 heterocycles. The van der Waals surface area contributed by atoms with Crippen molar-refractivity contribution < 1.29 is 0 Å². The minimum atomic E-state index is 0.364. The van der Waals surface area contributed by atoms with Crippen LogP contribution in [-0.4, -0.2) is 6.04 Å². The van der Waals surface area contributed by atoms with Crippen molar-refractivity contribution in [1.82, 2.24) is 0 Å². The Morgan fingerprint density at radius 3 is 2.82 bits per heavy atom. The number of hydrogen-bond donors (Lipinski definition) is 1. The van der Waals surface area contributed by atoms with E-state index in [0.717, 1.165) is 12.8 Å². The summed E-state index contributed by atoms with van der Waals surface area (Å²) in [5, 5.41) is 0. The van der Waals surface area contributed by atoms with Gasteiger partial charge in [-0.3, -0.25) is 0 Å². The maximum Gasteiger partial charge on any atom is 0.0133 e. The van der Waals surface area contributed by atoms with E-state index in [1.807, 2.05) is 0 Å². The molecular weight excluding hydrogens is 249 g/mol. The fourth-order valence-electron chi connectivity index (χ4n) is 1.62. The molecule has 1 aliphatic rings. The van der Waals surface area contributed by atoms with Crippen LogP contribution in [0.4, 0.5) is 0 Å². The smallest absolute Gasteiger partial charge is 0.0133 e. The molecular formula is C9H10IN. The van der Waals surface area contributed by atoms with Crippen molar-refractivity contribution >= 4 is 22.6 Å². The molecule has 0 saturated carbocycles. The topological polar surface area (TPSA) is 26.0 Å². The molecule has 0 fully saturated rings. The molecule has 0 spiro atoms. The second kappa shape index (κ2) is 2.75. The largest absolute Gasteiger partial charge is 0.327 e. The van der Waals surface area contributed by atoms with Crippen LogP contribution < -0.4 is 5.73 Å². The first-order valence-corrected chi connectivity index (χ1v) is 4.86. The van der Waals surface area contributed by atoms with Gasteiger partial charge in [-0.1, -0.05) is 6.07 Å². The molecule has 0 bridgehead atoms. The summed E-state index contributed by atoms with van der Waals surface area (Å²) in [6, 6.07) is 6.95. The first-order valence-electron chi connectivity index (χ1n) is 3.78. The second-order valence-electron chi connectivity index (χ2n) is 3.08. The van der Waals surface area contributed by atoms with Crippen LogP contribution in [0.5, 0.6) is 0 Å². The zero-order valence-electron chi connectivity index (χ0n) is 6.18. The predicted molar refractivity (Wildman–Crippen MR) is 54.5 cm³/mol. The van der Waals surface area contributed by atoms with Gasteiger partial charge >= 0.3 is 0 Å². The molecule has 11 heavy (non-hydrogen) atoms. The lowest BCUT2D eigenvalue weighted by Crippen LogP contribution is -2.18. The van der Waals surface area contributed by atoms with Crippen LogP contribution in [0.1, 0.15) is 11.1 Å². The van der Waals surface area contributed by atoms with Crippen LogP contribution >= 0.6 is 22.6 Å². The standard InChI is InChI=1S/C9H10IN/c10-8-2-1-6-4-9(11)5-7(6)3-8/h1-3,9H,4-5,11H2. The van der Waals surface area contributed by atoms with Crippen molar-refractivity contribution in [2.24, 2.45) is 5.73 Å². The average molecular weight is 259 g/mol. The fourth-order valence-corrected chi connectivity index (χ4v) is 2.18. The van der Waals surface area contributed by atoms with Crippen molar-refractivity contribution in [3.63, 3.8) is 0 Å². The van der Waals surface area contributed by atoms with Gasteiger partial charge in [-0.05, 0) is 58.7 Å². The minimum absolute atomic E-state index is 0.364. The van der Waals surface area contributed by atoms with Gasteiger partial charge in [-0.25, -0.2) is 0 Å². The number of benzene rings is 1. The Kier molecular flexibility index (Phi) is 1.89. The lowest BCUT2D eigenvalue weighted by atomic mass is 10.1. The van der Waals surface area contributed by atoms with E-state index in [2.05, 4.69) is 40.8 Å². The normalized spacial score (nSPS) is 21.8. The number of rotatable bonds is 0. The summed E-state index contributed by atoms with van der Waals surface area (Å²) in [6.45, 7) is 0. The van der Waals surface area contributed by atoms with Gasteiger partial charge in [-0.15, -0.1) is 0 Å². The number of hydrogen-bond acceptors (Lipinski definition) is 1. The van der Waals surface area contributed by atoms with Crippen molar-refractivity contribution in [2.75, 3.05) is 0 Å². The monoisotopic (exact) mass is 259 g/mol. The molecule has 1 atom stereocenters. The third-order valence-corrected chi connectivity index (χ3v) is 2.80. The van der Waals surface area contributed by atoms with Crippen LogP contribution in [0.3, 0.4) is 0 Å². The third kappa shape index (κ3) is 1.42. The van der Waals surface area contributed by atoms with Gasteiger partial charge in [0.05, 0.1) is 0 Å². The number of fused-ring (bicyclic) bond motifs is 1. The summed E-state index contributed by atoms with van der Waals surface area (Å²) >= 11 is 2.34. The molecule has 1 aromatic carbocycles. The molecule has 1 unspecified atom stereocenters. The fraction of sp³-hybridized carbons (Fsp3) is 0.333. The van der Waals surface area contributed by atoms with Crippen molar-refractivity contribution in [1.29, 1.82) is 0 Å². The quantitative estimate of drug-likeness (QED) is 0.705. The van der Waals surface area contributed by atoms with E-state index in [-0.39, 0.29) is 0 Å². The van der Waals surface area contributed by atoms with E-state index in [1.54, 1.807) is 0 Å². The lowest BCUT2D eigenvalue weighted by Gasteiger charge is -1.96. The van der Waals surface area contributed by atoms with E-state index in [1.165, 1.54) is 14.7 Å². The van der Waals surface area contributed by atoms with Gasteiger partial charge in [0.2, 0.25) is 0 Å². The Morgan fingerprint density at radius 2 is 2.00 bits per heavy atom. The molecule has 0 amide bonds. The van der Waals surface area contributed by atoms with E-state index in [4.69, 9.17) is 5.73 Å². The molecule has 1 nitrogen and oxygen atoms in total. The van der Waals surface area contributed by atoms with Crippen molar-refractivity contribution in [2.45, 2.75) is 18.9 Å². The van der Waals surface area contributed by atoms with Crippen molar-refractivity contribution in [3.8, 4) is 0 Å². The lowest BCUT2D eigenvalue weighted by molar-refractivity contribution is 0.721. The molecule has 0 radical (unpaired) electrons. The summed E-state index contributed by atoms with van der Waals surface area (Å²) < 4.78 is 1.32. The zero-order chi connectivity index (χ0) is 7.84. The van der Waals surface area contributed by atoms with Gasteiger partial charge in [0.15, 0.2) is 0 Å². The van der Waals surface area contributed by atoms with E-state index in [0.29, 0.717) is 6.04 Å². The summed E-state index contributed by atoms with van der Waals surface area (Å²) in [6.07, 6.45) is 2.12. The zero-order valence-corrected chi connectivity index (χ0v) is 8.34. The van der Waals surface area contributed by atoms with Gasteiger partial charge in [0.25, 0.3) is 0 Å². The highest BCUT2D eigenvalue weighted by Gasteiger charge is 2.17. The van der Waals surface area contributed by atoms with Gasteiger partial charge in [-0.2, -0.15) is 0 Å². The summed E-state index contributed by atoms with van der Waals surface area (Å²) in [4.78, 5) is 0. The third-order valence-electron chi connectivity index (χ3n) is 2.13. The highest BCUT2D eigenvalue weighted by Crippen LogP contribution is 2.22. The van der Waals surface area contributed by atoms with Crippen LogP contribution in [0, 0.1) is 3.57 Å². The summed E-state index contributed by atoms with van der Waals surface area (Å²) in [5.74, 6) is 0. The maximum atomic E-state index is 5.83. The van der Waals surface area contributed by atoms with E-state index < -0.39 is 0 Å². The number of halogens is 1. The minimum Gasteiger partial charge on any atom is -0.327 e. The van der Waals surface area contributed by atoms with Crippen LogP contribution in [0.25, 0.3) is 0 Å². The molecule has 2 rings (SSSR count). The molecule has 0 saturated heterocycles. The first kappa shape index (κ1) is 7.55. The Bertz CT molecular complexity index is 283.